The van der Waals surface area contributed by atoms with Crippen molar-refractivity contribution in [2.24, 2.45) is 0 Å². The Kier molecular flexibility index (Phi) is 4.84. The zero-order valence-electron chi connectivity index (χ0n) is 14.5. The second kappa shape index (κ2) is 6.86. The molecule has 0 amide bonds. The van der Waals surface area contributed by atoms with Gasteiger partial charge in [-0.1, -0.05) is 13.8 Å². The minimum absolute atomic E-state index is 0.387. The van der Waals surface area contributed by atoms with E-state index in [0.29, 0.717) is 17.5 Å². The lowest BCUT2D eigenvalue weighted by molar-refractivity contribution is 0.120. The first kappa shape index (κ1) is 16.2. The molecule has 5 heteroatoms. The first-order chi connectivity index (χ1) is 11.1. The molecule has 5 nitrogen and oxygen atoms in total. The third-order valence-corrected chi connectivity index (χ3v) is 5.13. The molecule has 0 radical (unpaired) electrons. The fourth-order valence-corrected chi connectivity index (χ4v) is 3.53. The van der Waals surface area contributed by atoms with Crippen molar-refractivity contribution in [3.8, 4) is 6.07 Å². The molecule has 2 aliphatic rings. The Hall–Kier alpha value is -1.64. The van der Waals surface area contributed by atoms with Crippen LogP contribution in [0.4, 0.5) is 5.82 Å². The van der Waals surface area contributed by atoms with Crippen LogP contribution < -0.4 is 4.90 Å². The SMILES string of the molecule is CC(C)c1ccc(C#N)c(N2CC[C@H](N3CCN(C)CC3)C2)n1. The van der Waals surface area contributed by atoms with Gasteiger partial charge in [0, 0.05) is 51.0 Å². The lowest BCUT2D eigenvalue weighted by atomic mass is 10.1. The molecule has 23 heavy (non-hydrogen) atoms. The van der Waals surface area contributed by atoms with Crippen molar-refractivity contribution >= 4 is 5.82 Å². The molecule has 2 saturated heterocycles. The number of nitrogens with zero attached hydrogens (tertiary/aromatic N) is 5. The lowest BCUT2D eigenvalue weighted by Gasteiger charge is -2.36. The minimum atomic E-state index is 0.387. The first-order valence-electron chi connectivity index (χ1n) is 8.67. The van der Waals surface area contributed by atoms with Gasteiger partial charge in [0.25, 0.3) is 0 Å². The van der Waals surface area contributed by atoms with E-state index >= 15 is 0 Å². The first-order valence-corrected chi connectivity index (χ1v) is 8.67. The number of piperazine rings is 1. The van der Waals surface area contributed by atoms with Crippen molar-refractivity contribution in [1.29, 1.82) is 5.26 Å². The van der Waals surface area contributed by atoms with Crippen LogP contribution in [0.3, 0.4) is 0 Å². The molecule has 0 unspecified atom stereocenters. The van der Waals surface area contributed by atoms with Gasteiger partial charge in [-0.05, 0) is 31.5 Å². The molecule has 0 aromatic carbocycles. The van der Waals surface area contributed by atoms with Gasteiger partial charge in [0.2, 0.25) is 0 Å². The molecule has 124 valence electrons. The topological polar surface area (TPSA) is 46.4 Å². The van der Waals surface area contributed by atoms with Crippen molar-refractivity contribution in [2.45, 2.75) is 32.2 Å². The van der Waals surface area contributed by atoms with E-state index < -0.39 is 0 Å². The molecule has 0 saturated carbocycles. The highest BCUT2D eigenvalue weighted by atomic mass is 15.3. The second-order valence-corrected chi connectivity index (χ2v) is 7.10. The number of aromatic nitrogens is 1. The Morgan fingerprint density at radius 1 is 1.17 bits per heavy atom. The molecular weight excluding hydrogens is 286 g/mol. The van der Waals surface area contributed by atoms with Gasteiger partial charge >= 0.3 is 0 Å². The van der Waals surface area contributed by atoms with E-state index in [-0.39, 0.29) is 0 Å². The van der Waals surface area contributed by atoms with Gasteiger partial charge < -0.3 is 9.80 Å². The number of anilines is 1. The number of likely N-dealkylation sites (N-methyl/N-ethyl adjacent to an activating group) is 1. The second-order valence-electron chi connectivity index (χ2n) is 7.10. The third-order valence-electron chi connectivity index (χ3n) is 5.13. The summed E-state index contributed by atoms with van der Waals surface area (Å²) in [5.74, 6) is 1.27. The smallest absolute Gasteiger partial charge is 0.146 e. The summed E-state index contributed by atoms with van der Waals surface area (Å²) in [6.07, 6.45) is 1.17. The molecule has 1 aromatic heterocycles. The summed E-state index contributed by atoms with van der Waals surface area (Å²) >= 11 is 0. The standard InChI is InChI=1S/C18H27N5/c1-14(2)17-5-4-15(12-19)18(20-17)23-7-6-16(13-23)22-10-8-21(3)9-11-22/h4-5,14,16H,6-11,13H2,1-3H3/t16-/m0/s1. The highest BCUT2D eigenvalue weighted by molar-refractivity contribution is 5.55. The van der Waals surface area contributed by atoms with Crippen LogP contribution in [0.2, 0.25) is 0 Å². The maximum atomic E-state index is 9.42. The number of nitriles is 1. The van der Waals surface area contributed by atoms with Crippen LogP contribution in [-0.2, 0) is 0 Å². The number of hydrogen-bond donors (Lipinski definition) is 0. The van der Waals surface area contributed by atoms with Crippen LogP contribution >= 0.6 is 0 Å². The molecule has 0 spiro atoms. The molecule has 3 heterocycles. The highest BCUT2D eigenvalue weighted by Crippen LogP contribution is 2.27. The van der Waals surface area contributed by atoms with E-state index in [9.17, 15) is 5.26 Å². The Morgan fingerprint density at radius 3 is 2.57 bits per heavy atom. The number of pyridine rings is 1. The van der Waals surface area contributed by atoms with Gasteiger partial charge in [-0.25, -0.2) is 4.98 Å². The van der Waals surface area contributed by atoms with Crippen LogP contribution in [0.25, 0.3) is 0 Å². The quantitative estimate of drug-likeness (QED) is 0.853. The average Bonchev–Trinajstić information content (AvgIpc) is 3.04. The van der Waals surface area contributed by atoms with E-state index in [0.717, 1.165) is 50.8 Å². The molecule has 1 aromatic rings. The van der Waals surface area contributed by atoms with Crippen molar-refractivity contribution in [3.05, 3.63) is 23.4 Å². The lowest BCUT2D eigenvalue weighted by Crippen LogP contribution is -2.49. The van der Waals surface area contributed by atoms with E-state index in [1.807, 2.05) is 12.1 Å². The van der Waals surface area contributed by atoms with Gasteiger partial charge in [0.15, 0.2) is 0 Å². The molecule has 2 fully saturated rings. The van der Waals surface area contributed by atoms with Crippen LogP contribution in [0, 0.1) is 11.3 Å². The van der Waals surface area contributed by atoms with Gasteiger partial charge in [0.1, 0.15) is 11.9 Å². The zero-order valence-corrected chi connectivity index (χ0v) is 14.5. The van der Waals surface area contributed by atoms with E-state index in [1.54, 1.807) is 0 Å². The zero-order chi connectivity index (χ0) is 16.4. The fourth-order valence-electron chi connectivity index (χ4n) is 3.53. The molecule has 2 aliphatic heterocycles. The van der Waals surface area contributed by atoms with E-state index in [4.69, 9.17) is 4.98 Å². The minimum Gasteiger partial charge on any atom is -0.354 e. The van der Waals surface area contributed by atoms with Crippen LogP contribution in [-0.4, -0.2) is 67.1 Å². The summed E-state index contributed by atoms with van der Waals surface area (Å²) in [5, 5.41) is 9.42. The van der Waals surface area contributed by atoms with Gasteiger partial charge in [-0.2, -0.15) is 5.26 Å². The summed E-state index contributed by atoms with van der Waals surface area (Å²) in [4.78, 5) is 12.1. The molecule has 0 bridgehead atoms. The monoisotopic (exact) mass is 313 g/mol. The normalized spacial score (nSPS) is 23.4. The Balaban J connectivity index is 1.73. The Labute approximate surface area is 139 Å². The maximum absolute atomic E-state index is 9.42. The maximum Gasteiger partial charge on any atom is 0.146 e. The highest BCUT2D eigenvalue weighted by Gasteiger charge is 2.31. The van der Waals surface area contributed by atoms with Crippen LogP contribution in [0.15, 0.2) is 12.1 Å². The molecule has 3 rings (SSSR count). The van der Waals surface area contributed by atoms with Crippen LogP contribution in [0.1, 0.15) is 37.4 Å². The predicted molar refractivity (Wildman–Crippen MR) is 92.7 cm³/mol. The third kappa shape index (κ3) is 3.49. The fraction of sp³-hybridized carbons (Fsp3) is 0.667. The molecule has 1 atom stereocenters. The molecule has 0 N–H and O–H groups in total. The Morgan fingerprint density at radius 2 is 1.91 bits per heavy atom. The van der Waals surface area contributed by atoms with Crippen molar-refractivity contribution in [1.82, 2.24) is 14.8 Å². The summed E-state index contributed by atoms with van der Waals surface area (Å²) < 4.78 is 0. The van der Waals surface area contributed by atoms with Gasteiger partial charge in [-0.15, -0.1) is 0 Å². The van der Waals surface area contributed by atoms with Crippen LogP contribution in [0.5, 0.6) is 0 Å². The average molecular weight is 313 g/mol. The number of hydrogen-bond acceptors (Lipinski definition) is 5. The van der Waals surface area contributed by atoms with Crippen molar-refractivity contribution in [3.63, 3.8) is 0 Å². The number of rotatable bonds is 3. The summed E-state index contributed by atoms with van der Waals surface area (Å²) in [7, 11) is 2.19. The molecule has 0 aliphatic carbocycles. The Bertz CT molecular complexity index is 584. The van der Waals surface area contributed by atoms with E-state index in [1.165, 1.54) is 6.42 Å². The summed E-state index contributed by atoms with van der Waals surface area (Å²) in [5.41, 5.74) is 1.77. The van der Waals surface area contributed by atoms with E-state index in [2.05, 4.69) is 41.7 Å². The molecular formula is C18H27N5. The van der Waals surface area contributed by atoms with Crippen molar-refractivity contribution in [2.75, 3.05) is 51.2 Å². The summed E-state index contributed by atoms with van der Waals surface area (Å²) in [6, 6.07) is 6.83. The van der Waals surface area contributed by atoms with Gasteiger partial charge in [0.05, 0.1) is 5.56 Å². The predicted octanol–water partition coefficient (Wildman–Crippen LogP) is 1.90. The van der Waals surface area contributed by atoms with Crippen molar-refractivity contribution < 1.29 is 0 Å². The van der Waals surface area contributed by atoms with Gasteiger partial charge in [-0.3, -0.25) is 4.90 Å². The largest absolute Gasteiger partial charge is 0.354 e. The summed E-state index contributed by atoms with van der Waals surface area (Å²) in [6.45, 7) is 10.9.